The molecule has 110 valence electrons. The Kier molecular flexibility index (Phi) is 3.14. The average Bonchev–Trinajstić information content (AvgIpc) is 2.86. The molecule has 0 fully saturated rings. The van der Waals surface area contributed by atoms with Gasteiger partial charge in [-0.15, -0.1) is 5.53 Å². The zero-order valence-corrected chi connectivity index (χ0v) is 13.6. The molecule has 0 saturated carbocycles. The number of rotatable bonds is 1. The van der Waals surface area contributed by atoms with Crippen molar-refractivity contribution in [2.75, 3.05) is 10.0 Å². The van der Waals surface area contributed by atoms with Crippen LogP contribution in [0, 0.1) is 0 Å². The second-order valence-electron chi connectivity index (χ2n) is 4.97. The molecule has 0 aromatic heterocycles. The van der Waals surface area contributed by atoms with Gasteiger partial charge in [-0.05, 0) is 36.4 Å². The Hall–Kier alpha value is -1.95. The number of aliphatic hydroxyl groups excluding tert-OH is 1. The molecule has 0 amide bonds. The van der Waals surface area contributed by atoms with Crippen LogP contribution in [0.4, 0.5) is 11.4 Å². The Morgan fingerprint density at radius 2 is 1.73 bits per heavy atom. The van der Waals surface area contributed by atoms with E-state index in [0.29, 0.717) is 10.7 Å². The Morgan fingerprint density at radius 3 is 2.50 bits per heavy atom. The number of allylic oxidation sites excluding steroid dienone is 1. The minimum Gasteiger partial charge on any atom is -0.492 e. The van der Waals surface area contributed by atoms with Crippen molar-refractivity contribution in [3.63, 3.8) is 0 Å². The third-order valence-electron chi connectivity index (χ3n) is 3.63. The van der Waals surface area contributed by atoms with Gasteiger partial charge in [-0.3, -0.25) is 5.01 Å². The lowest BCUT2D eigenvalue weighted by atomic mass is 10.1. The number of fused-ring (bicyclic) bond motifs is 3. The maximum Gasteiger partial charge on any atom is 0.234 e. The second kappa shape index (κ2) is 5.05. The highest BCUT2D eigenvalue weighted by Crippen LogP contribution is 2.41. The first kappa shape index (κ1) is 13.7. The van der Waals surface area contributed by atoms with Gasteiger partial charge in [0.05, 0.1) is 11.4 Å². The van der Waals surface area contributed by atoms with Gasteiger partial charge >= 0.3 is 0 Å². The van der Waals surface area contributed by atoms with E-state index in [9.17, 15) is 5.11 Å². The first-order valence-electron chi connectivity index (χ1n) is 6.67. The van der Waals surface area contributed by atoms with E-state index >= 15 is 0 Å². The van der Waals surface area contributed by atoms with Crippen molar-refractivity contribution in [3.05, 3.63) is 76.8 Å². The maximum absolute atomic E-state index is 10.6. The molecule has 0 saturated heterocycles. The van der Waals surface area contributed by atoms with Crippen molar-refractivity contribution >= 4 is 43.4 Å². The molecule has 2 aliphatic rings. The fourth-order valence-electron chi connectivity index (χ4n) is 2.57. The van der Waals surface area contributed by atoms with Crippen molar-refractivity contribution in [2.45, 2.75) is 0 Å². The van der Waals surface area contributed by atoms with Gasteiger partial charge in [-0.25, -0.2) is 5.01 Å². The monoisotopic (exact) mass is 375 g/mol. The van der Waals surface area contributed by atoms with E-state index in [1.165, 1.54) is 0 Å². The van der Waals surface area contributed by atoms with E-state index < -0.39 is 0 Å². The number of benzene rings is 2. The van der Waals surface area contributed by atoms with Crippen molar-refractivity contribution in [3.8, 4) is 0 Å². The molecule has 0 spiro atoms. The van der Waals surface area contributed by atoms with Crippen LogP contribution in [-0.2, 0) is 0 Å². The van der Waals surface area contributed by atoms with Crippen molar-refractivity contribution in [2.24, 2.45) is 0 Å². The number of nitrogens with zero attached hydrogens (tertiary/aromatic N) is 2. The van der Waals surface area contributed by atoms with E-state index in [4.69, 9.17) is 11.6 Å². The van der Waals surface area contributed by atoms with Gasteiger partial charge in [0.15, 0.2) is 0 Å². The average molecular weight is 377 g/mol. The Labute approximate surface area is 141 Å². The quantitative estimate of drug-likeness (QED) is 0.765. The highest BCUT2D eigenvalue weighted by molar-refractivity contribution is 9.15. The summed E-state index contributed by atoms with van der Waals surface area (Å²) in [4.78, 5) is 0. The standard InChI is InChI=1S/C16H11BrClN3O/c17-13-9-15-16(22)20(11-7-5-10(18)6-8-11)19-21(15)14-4-2-1-3-12(13)14/h1-9,19,22H. The van der Waals surface area contributed by atoms with E-state index in [1.807, 2.05) is 47.5 Å². The van der Waals surface area contributed by atoms with Crippen molar-refractivity contribution in [1.82, 2.24) is 5.53 Å². The Bertz CT molecular complexity index is 816. The summed E-state index contributed by atoms with van der Waals surface area (Å²) in [5.41, 5.74) is 6.69. The topological polar surface area (TPSA) is 38.7 Å². The largest absolute Gasteiger partial charge is 0.492 e. The highest BCUT2D eigenvalue weighted by atomic mass is 79.9. The van der Waals surface area contributed by atoms with Crippen LogP contribution in [0.3, 0.4) is 0 Å². The van der Waals surface area contributed by atoms with Gasteiger partial charge in [-0.1, -0.05) is 45.7 Å². The van der Waals surface area contributed by atoms with E-state index in [1.54, 1.807) is 17.1 Å². The molecule has 2 N–H and O–H groups in total. The van der Waals surface area contributed by atoms with Crippen LogP contribution in [-0.4, -0.2) is 5.11 Å². The van der Waals surface area contributed by atoms with Crippen LogP contribution >= 0.6 is 27.5 Å². The number of para-hydroxylation sites is 1. The molecule has 0 bridgehead atoms. The lowest BCUT2D eigenvalue weighted by Crippen LogP contribution is -2.42. The molecule has 2 aromatic carbocycles. The fraction of sp³-hybridized carbons (Fsp3) is 0. The molecular formula is C16H11BrClN3O. The molecule has 2 aromatic rings. The highest BCUT2D eigenvalue weighted by Gasteiger charge is 2.34. The first-order valence-corrected chi connectivity index (χ1v) is 7.84. The lowest BCUT2D eigenvalue weighted by Gasteiger charge is -2.27. The molecule has 22 heavy (non-hydrogen) atoms. The summed E-state index contributed by atoms with van der Waals surface area (Å²) >= 11 is 9.49. The summed E-state index contributed by atoms with van der Waals surface area (Å²) < 4.78 is 0.931. The van der Waals surface area contributed by atoms with Gasteiger partial charge < -0.3 is 5.11 Å². The molecule has 0 unspecified atom stereocenters. The van der Waals surface area contributed by atoms with Crippen LogP contribution in [0.2, 0.25) is 5.02 Å². The van der Waals surface area contributed by atoms with Gasteiger partial charge in [0.2, 0.25) is 5.88 Å². The zero-order chi connectivity index (χ0) is 15.3. The third kappa shape index (κ3) is 2.01. The summed E-state index contributed by atoms with van der Waals surface area (Å²) in [6, 6.07) is 15.2. The zero-order valence-electron chi connectivity index (χ0n) is 11.3. The molecular weight excluding hydrogens is 366 g/mol. The van der Waals surface area contributed by atoms with Crippen LogP contribution in [0.25, 0.3) is 4.48 Å². The maximum atomic E-state index is 10.6. The number of anilines is 2. The van der Waals surface area contributed by atoms with Gasteiger partial charge in [-0.2, -0.15) is 0 Å². The van der Waals surface area contributed by atoms with E-state index in [0.717, 1.165) is 21.4 Å². The molecule has 0 atom stereocenters. The van der Waals surface area contributed by atoms with Crippen molar-refractivity contribution in [1.29, 1.82) is 0 Å². The number of hydrazine groups is 2. The number of halogens is 2. The first-order chi connectivity index (χ1) is 10.6. The minimum absolute atomic E-state index is 0.133. The fourth-order valence-corrected chi connectivity index (χ4v) is 3.25. The summed E-state index contributed by atoms with van der Waals surface area (Å²) in [5.74, 6) is 0.133. The van der Waals surface area contributed by atoms with Crippen LogP contribution < -0.4 is 15.6 Å². The number of hydrogen-bond donors (Lipinski definition) is 2. The third-order valence-corrected chi connectivity index (χ3v) is 4.54. The summed E-state index contributed by atoms with van der Waals surface area (Å²) in [7, 11) is 0. The van der Waals surface area contributed by atoms with Gasteiger partial charge in [0, 0.05) is 15.1 Å². The molecule has 2 heterocycles. The molecule has 4 rings (SSSR count). The summed E-state index contributed by atoms with van der Waals surface area (Å²) in [5, 5.41) is 14.7. The Morgan fingerprint density at radius 1 is 1.00 bits per heavy atom. The summed E-state index contributed by atoms with van der Waals surface area (Å²) in [6.07, 6.45) is 1.89. The van der Waals surface area contributed by atoms with Crippen LogP contribution in [0.5, 0.6) is 0 Å². The predicted octanol–water partition coefficient (Wildman–Crippen LogP) is 4.56. The van der Waals surface area contributed by atoms with Crippen LogP contribution in [0.15, 0.2) is 66.2 Å². The lowest BCUT2D eigenvalue weighted by molar-refractivity contribution is 0.388. The SMILES string of the molecule is OC1=C2C=C(Br)c3ccccc3N2NN1c1ccc(Cl)cc1. The molecule has 6 heteroatoms. The molecule has 0 aliphatic carbocycles. The summed E-state index contributed by atoms with van der Waals surface area (Å²) in [6.45, 7) is 0. The molecule has 0 radical (unpaired) electrons. The smallest absolute Gasteiger partial charge is 0.234 e. The van der Waals surface area contributed by atoms with Gasteiger partial charge in [0.25, 0.3) is 0 Å². The minimum atomic E-state index is 0.133. The molecule has 4 nitrogen and oxygen atoms in total. The predicted molar refractivity (Wildman–Crippen MR) is 92.5 cm³/mol. The van der Waals surface area contributed by atoms with Crippen molar-refractivity contribution < 1.29 is 5.11 Å². The Balaban J connectivity index is 1.80. The molecule has 2 aliphatic heterocycles. The van der Waals surface area contributed by atoms with E-state index in [2.05, 4.69) is 21.5 Å². The number of aliphatic hydroxyl groups is 1. The second-order valence-corrected chi connectivity index (χ2v) is 6.26. The number of hydrogen-bond acceptors (Lipinski definition) is 4. The van der Waals surface area contributed by atoms with Crippen LogP contribution in [0.1, 0.15) is 5.56 Å². The van der Waals surface area contributed by atoms with E-state index in [-0.39, 0.29) is 5.88 Å². The normalized spacial score (nSPS) is 16.5. The number of nitrogens with one attached hydrogen (secondary N) is 1. The van der Waals surface area contributed by atoms with Gasteiger partial charge in [0.1, 0.15) is 5.70 Å².